The SMILES string of the molecule is Nc1nnc(SCC[NH3+])s1.[Cl-]. The number of thioether (sulfide) groups is 1. The standard InChI is InChI=1S/C4H8N4S2.ClH/c5-1-2-9-4-8-7-3(6)10-4;/h1-2,5H2,(H2,6,7);1H. The summed E-state index contributed by atoms with van der Waals surface area (Å²) in [6.07, 6.45) is 0. The van der Waals surface area contributed by atoms with E-state index >= 15 is 0 Å². The lowest BCUT2D eigenvalue weighted by Gasteiger charge is -1.86. The maximum atomic E-state index is 5.37. The first-order chi connectivity index (χ1) is 4.83. The van der Waals surface area contributed by atoms with Crippen molar-refractivity contribution in [1.29, 1.82) is 0 Å². The van der Waals surface area contributed by atoms with E-state index in [9.17, 15) is 0 Å². The van der Waals surface area contributed by atoms with Crippen LogP contribution in [0, 0.1) is 0 Å². The average Bonchev–Trinajstić information content (AvgIpc) is 2.31. The molecule has 0 aliphatic rings. The van der Waals surface area contributed by atoms with Gasteiger partial charge in [-0.2, -0.15) is 0 Å². The summed E-state index contributed by atoms with van der Waals surface area (Å²) in [4.78, 5) is 0. The van der Waals surface area contributed by atoms with Gasteiger partial charge in [-0.15, -0.1) is 10.2 Å². The molecule has 0 unspecified atom stereocenters. The van der Waals surface area contributed by atoms with E-state index in [0.717, 1.165) is 16.6 Å². The molecule has 1 aromatic rings. The van der Waals surface area contributed by atoms with Crippen LogP contribution in [0.5, 0.6) is 0 Å². The van der Waals surface area contributed by atoms with Gasteiger partial charge >= 0.3 is 0 Å². The van der Waals surface area contributed by atoms with E-state index in [0.29, 0.717) is 5.13 Å². The first-order valence-electron chi connectivity index (χ1n) is 2.84. The molecule has 0 aliphatic heterocycles. The van der Waals surface area contributed by atoms with Crippen LogP contribution in [0.2, 0.25) is 0 Å². The number of quaternary nitrogens is 1. The summed E-state index contributed by atoms with van der Waals surface area (Å²) in [7, 11) is 0. The highest BCUT2D eigenvalue weighted by Crippen LogP contribution is 2.22. The molecule has 11 heavy (non-hydrogen) atoms. The molecule has 0 amide bonds. The second-order valence-electron chi connectivity index (χ2n) is 1.61. The summed E-state index contributed by atoms with van der Waals surface area (Å²) >= 11 is 3.06. The molecule has 7 heteroatoms. The molecule has 0 aliphatic carbocycles. The highest BCUT2D eigenvalue weighted by molar-refractivity contribution is 8.01. The van der Waals surface area contributed by atoms with Crippen LogP contribution in [0.1, 0.15) is 0 Å². The first kappa shape index (κ1) is 11.0. The minimum atomic E-state index is 0. The molecule has 0 fully saturated rings. The zero-order chi connectivity index (χ0) is 7.40. The lowest BCUT2D eigenvalue weighted by molar-refractivity contribution is -0.360. The van der Waals surface area contributed by atoms with Gasteiger partial charge in [0.25, 0.3) is 0 Å². The Labute approximate surface area is 79.2 Å². The predicted molar refractivity (Wildman–Crippen MR) is 42.8 cm³/mol. The van der Waals surface area contributed by atoms with Gasteiger partial charge < -0.3 is 23.9 Å². The largest absolute Gasteiger partial charge is 1.00 e. The molecule has 1 heterocycles. The van der Waals surface area contributed by atoms with Crippen molar-refractivity contribution in [1.82, 2.24) is 10.2 Å². The summed E-state index contributed by atoms with van der Waals surface area (Å²) in [6, 6.07) is 0. The van der Waals surface area contributed by atoms with Gasteiger partial charge in [-0.3, -0.25) is 0 Å². The van der Waals surface area contributed by atoms with Crippen LogP contribution in [0.15, 0.2) is 4.34 Å². The van der Waals surface area contributed by atoms with Gasteiger partial charge in [-0.1, -0.05) is 23.1 Å². The van der Waals surface area contributed by atoms with Gasteiger partial charge in [0.1, 0.15) is 0 Å². The monoisotopic (exact) mass is 212 g/mol. The van der Waals surface area contributed by atoms with E-state index in [1.54, 1.807) is 11.8 Å². The fourth-order valence-corrected chi connectivity index (χ4v) is 1.94. The van der Waals surface area contributed by atoms with E-state index in [1.165, 1.54) is 11.3 Å². The highest BCUT2D eigenvalue weighted by Gasteiger charge is 1.99. The maximum absolute atomic E-state index is 5.37. The van der Waals surface area contributed by atoms with E-state index in [4.69, 9.17) is 5.73 Å². The van der Waals surface area contributed by atoms with Crippen LogP contribution < -0.4 is 23.9 Å². The van der Waals surface area contributed by atoms with E-state index in [-0.39, 0.29) is 12.4 Å². The first-order valence-corrected chi connectivity index (χ1v) is 4.64. The molecule has 64 valence electrons. The van der Waals surface area contributed by atoms with Gasteiger partial charge in [0.2, 0.25) is 5.13 Å². The van der Waals surface area contributed by atoms with E-state index in [1.807, 2.05) is 0 Å². The Hall–Kier alpha value is -0.0400. The minimum Gasteiger partial charge on any atom is -1.00 e. The number of anilines is 1. The zero-order valence-electron chi connectivity index (χ0n) is 5.79. The molecular weight excluding hydrogens is 204 g/mol. The third kappa shape index (κ3) is 3.76. The van der Waals surface area contributed by atoms with Gasteiger partial charge in [0.05, 0.1) is 6.54 Å². The predicted octanol–water partition coefficient (Wildman–Crippen LogP) is -3.54. The Morgan fingerprint density at radius 3 is 2.73 bits per heavy atom. The van der Waals surface area contributed by atoms with Crippen LogP contribution in [0.4, 0.5) is 5.13 Å². The Kier molecular flexibility index (Phi) is 5.57. The Morgan fingerprint density at radius 2 is 2.27 bits per heavy atom. The third-order valence-corrected chi connectivity index (χ3v) is 2.76. The fraction of sp³-hybridized carbons (Fsp3) is 0.500. The van der Waals surface area contributed by atoms with Crippen LogP contribution in [0.3, 0.4) is 0 Å². The van der Waals surface area contributed by atoms with Crippen molar-refractivity contribution in [3.05, 3.63) is 0 Å². The molecule has 0 spiro atoms. The molecule has 0 atom stereocenters. The zero-order valence-corrected chi connectivity index (χ0v) is 8.18. The fourth-order valence-electron chi connectivity index (χ4n) is 0.438. The normalized spacial score (nSPS) is 9.18. The van der Waals surface area contributed by atoms with Crippen molar-refractivity contribution < 1.29 is 18.1 Å². The van der Waals surface area contributed by atoms with Crippen molar-refractivity contribution >= 4 is 28.2 Å². The van der Waals surface area contributed by atoms with Gasteiger partial charge in [-0.05, 0) is 0 Å². The van der Waals surface area contributed by atoms with Crippen LogP contribution in [-0.2, 0) is 0 Å². The van der Waals surface area contributed by atoms with E-state index < -0.39 is 0 Å². The lowest BCUT2D eigenvalue weighted by atomic mass is 10.8. The van der Waals surface area contributed by atoms with Crippen LogP contribution in [0.25, 0.3) is 0 Å². The molecule has 0 saturated heterocycles. The van der Waals surface area contributed by atoms with Gasteiger partial charge in [0.15, 0.2) is 4.34 Å². The Balaban J connectivity index is 0.000001000. The molecular formula is C4H9ClN4S2. The van der Waals surface area contributed by atoms with Crippen molar-refractivity contribution in [2.24, 2.45) is 0 Å². The average molecular weight is 213 g/mol. The molecule has 0 aromatic carbocycles. The maximum Gasteiger partial charge on any atom is 0.203 e. The highest BCUT2D eigenvalue weighted by atomic mass is 35.5. The van der Waals surface area contributed by atoms with Crippen molar-refractivity contribution in [3.8, 4) is 0 Å². The van der Waals surface area contributed by atoms with E-state index in [2.05, 4.69) is 15.9 Å². The topological polar surface area (TPSA) is 79.4 Å². The number of aromatic nitrogens is 2. The minimum absolute atomic E-state index is 0. The quantitative estimate of drug-likeness (QED) is 0.509. The van der Waals surface area contributed by atoms with Crippen molar-refractivity contribution in [3.63, 3.8) is 0 Å². The second-order valence-corrected chi connectivity index (χ2v) is 3.96. The van der Waals surface area contributed by atoms with Crippen molar-refractivity contribution in [2.75, 3.05) is 18.0 Å². The molecule has 1 aromatic heterocycles. The summed E-state index contributed by atoms with van der Waals surface area (Å²) in [5.74, 6) is 0.981. The van der Waals surface area contributed by atoms with Crippen LogP contribution >= 0.6 is 23.1 Å². The third-order valence-electron chi connectivity index (χ3n) is 0.792. The smallest absolute Gasteiger partial charge is 0.203 e. The molecule has 0 saturated carbocycles. The number of hydrogen-bond acceptors (Lipinski definition) is 5. The number of nitrogens with two attached hydrogens (primary N) is 1. The lowest BCUT2D eigenvalue weighted by Crippen LogP contribution is -3.00. The number of hydrogen-bond donors (Lipinski definition) is 2. The van der Waals surface area contributed by atoms with Crippen molar-refractivity contribution in [2.45, 2.75) is 4.34 Å². The Morgan fingerprint density at radius 1 is 1.55 bits per heavy atom. The number of nitrogen functional groups attached to an aromatic ring is 1. The summed E-state index contributed by atoms with van der Waals surface area (Å²) in [6.45, 7) is 0.907. The summed E-state index contributed by atoms with van der Waals surface area (Å²) in [5, 5.41) is 8.04. The van der Waals surface area contributed by atoms with Gasteiger partial charge in [-0.25, -0.2) is 0 Å². The molecule has 5 N–H and O–H groups in total. The molecule has 4 nitrogen and oxygen atoms in total. The molecule has 1 rings (SSSR count). The summed E-state index contributed by atoms with van der Waals surface area (Å²) < 4.78 is 0.932. The second kappa shape index (κ2) is 5.59. The number of rotatable bonds is 3. The number of halogens is 1. The Bertz CT molecular complexity index is 204. The number of nitrogens with zero attached hydrogens (tertiary/aromatic N) is 2. The summed E-state index contributed by atoms with van der Waals surface area (Å²) in [5.41, 5.74) is 9.08. The van der Waals surface area contributed by atoms with Crippen LogP contribution in [-0.4, -0.2) is 22.5 Å². The molecule has 0 radical (unpaired) electrons. The van der Waals surface area contributed by atoms with Gasteiger partial charge in [0, 0.05) is 5.75 Å². The molecule has 0 bridgehead atoms.